The number of para-hydroxylation sites is 1. The Morgan fingerprint density at radius 1 is 0.455 bits per heavy atom. The van der Waals surface area contributed by atoms with E-state index in [1.807, 2.05) is 6.07 Å². The first-order valence-corrected chi connectivity index (χ1v) is 15.0. The number of ether oxygens (including phenoxy) is 2. The van der Waals surface area contributed by atoms with E-state index in [2.05, 4.69) is 144 Å². The monoisotopic (exact) mass is 561 g/mol. The molecule has 3 nitrogen and oxygen atoms in total. The van der Waals surface area contributed by atoms with E-state index in [-0.39, 0.29) is 6.71 Å². The van der Waals surface area contributed by atoms with Crippen molar-refractivity contribution in [2.24, 2.45) is 0 Å². The van der Waals surface area contributed by atoms with Gasteiger partial charge in [-0.2, -0.15) is 0 Å². The van der Waals surface area contributed by atoms with Crippen LogP contribution in [0.3, 0.4) is 0 Å². The summed E-state index contributed by atoms with van der Waals surface area (Å²) in [6.45, 7) is -0.00450. The second-order valence-electron chi connectivity index (χ2n) is 11.7. The van der Waals surface area contributed by atoms with E-state index in [4.69, 9.17) is 9.47 Å². The van der Waals surface area contributed by atoms with Crippen molar-refractivity contribution >= 4 is 55.7 Å². The molecule has 0 bridgehead atoms. The molecule has 2 aliphatic heterocycles. The average Bonchev–Trinajstić information content (AvgIpc) is 3.40. The third kappa shape index (κ3) is 3.28. The Balaban J connectivity index is 1.29. The Hall–Kier alpha value is -5.74. The zero-order chi connectivity index (χ0) is 28.8. The predicted molar refractivity (Wildman–Crippen MR) is 181 cm³/mol. The van der Waals surface area contributed by atoms with E-state index in [1.54, 1.807) is 0 Å². The van der Waals surface area contributed by atoms with Crippen LogP contribution in [0.4, 0.5) is 0 Å². The molecule has 2 aliphatic rings. The van der Waals surface area contributed by atoms with E-state index in [0.717, 1.165) is 50.5 Å². The van der Waals surface area contributed by atoms with Crippen molar-refractivity contribution in [2.75, 3.05) is 0 Å². The van der Waals surface area contributed by atoms with Crippen molar-refractivity contribution in [3.63, 3.8) is 0 Å². The lowest BCUT2D eigenvalue weighted by Crippen LogP contribution is -2.57. The van der Waals surface area contributed by atoms with Gasteiger partial charge in [0.2, 0.25) is 0 Å². The Labute approximate surface area is 254 Å². The summed E-state index contributed by atoms with van der Waals surface area (Å²) in [5.41, 5.74) is 9.26. The van der Waals surface area contributed by atoms with E-state index in [0.29, 0.717) is 0 Å². The highest BCUT2D eigenvalue weighted by Crippen LogP contribution is 2.41. The SMILES string of the molecule is c1ccc(-c2ccc3c(c2)c2cc4c(cc2n3-c2ccccc2)Oc2cccc3c2B4c2ccc4ccccc4c2O3)cc1. The third-order valence-corrected chi connectivity index (χ3v) is 9.30. The molecule has 10 rings (SSSR count). The zero-order valence-corrected chi connectivity index (χ0v) is 23.7. The fourth-order valence-corrected chi connectivity index (χ4v) is 7.34. The van der Waals surface area contributed by atoms with Crippen LogP contribution in [0, 0.1) is 0 Å². The Kier molecular flexibility index (Phi) is 4.80. The van der Waals surface area contributed by atoms with Crippen LogP contribution in [-0.2, 0) is 0 Å². The van der Waals surface area contributed by atoms with Gasteiger partial charge in [0.1, 0.15) is 23.0 Å². The topological polar surface area (TPSA) is 23.4 Å². The largest absolute Gasteiger partial charge is 0.458 e. The summed E-state index contributed by atoms with van der Waals surface area (Å²) in [5, 5.41) is 4.73. The number of rotatable bonds is 2. The molecule has 0 saturated heterocycles. The molecule has 204 valence electrons. The molecule has 44 heavy (non-hydrogen) atoms. The second kappa shape index (κ2) is 8.89. The summed E-state index contributed by atoms with van der Waals surface area (Å²) >= 11 is 0. The van der Waals surface area contributed by atoms with Gasteiger partial charge in [-0.05, 0) is 63.8 Å². The molecule has 7 aromatic carbocycles. The Morgan fingerprint density at radius 2 is 1.20 bits per heavy atom. The summed E-state index contributed by atoms with van der Waals surface area (Å²) < 4.78 is 15.7. The maximum Gasteiger partial charge on any atom is 0.260 e. The van der Waals surface area contributed by atoms with Crippen LogP contribution in [0.15, 0.2) is 146 Å². The molecule has 0 atom stereocenters. The molecule has 0 amide bonds. The van der Waals surface area contributed by atoms with Gasteiger partial charge in [0.05, 0.1) is 11.0 Å². The van der Waals surface area contributed by atoms with Gasteiger partial charge in [0.25, 0.3) is 6.71 Å². The van der Waals surface area contributed by atoms with Crippen molar-refractivity contribution in [1.82, 2.24) is 4.57 Å². The minimum Gasteiger partial charge on any atom is -0.458 e. The van der Waals surface area contributed by atoms with Crippen molar-refractivity contribution in [3.8, 4) is 39.8 Å². The van der Waals surface area contributed by atoms with Gasteiger partial charge in [-0.25, -0.2) is 0 Å². The molecule has 0 spiro atoms. The number of aromatic nitrogens is 1. The summed E-state index contributed by atoms with van der Waals surface area (Å²) in [5.74, 6) is 3.53. The Morgan fingerprint density at radius 3 is 2.07 bits per heavy atom. The summed E-state index contributed by atoms with van der Waals surface area (Å²) in [6, 6.07) is 51.7. The highest BCUT2D eigenvalue weighted by Gasteiger charge is 2.41. The fourth-order valence-electron chi connectivity index (χ4n) is 7.34. The number of benzene rings is 7. The van der Waals surface area contributed by atoms with Gasteiger partial charge in [-0.3, -0.25) is 0 Å². The molecular weight excluding hydrogens is 537 g/mol. The standard InChI is InChI=1S/C40H24BNO2/c1-3-10-25(11-4-1)27-19-21-34-30(22-27)31-23-33-38(24-35(31)42(34)28-13-5-2-6-14-28)43-36-16-9-17-37-39(36)41(33)32-20-18-26-12-7-8-15-29(26)40(32)44-37/h1-24H. The predicted octanol–water partition coefficient (Wildman–Crippen LogP) is 8.33. The molecule has 3 heterocycles. The van der Waals surface area contributed by atoms with Gasteiger partial charge in [-0.1, -0.05) is 103 Å². The van der Waals surface area contributed by atoms with Crippen molar-refractivity contribution in [2.45, 2.75) is 0 Å². The molecule has 4 heteroatoms. The lowest BCUT2D eigenvalue weighted by atomic mass is 9.34. The molecule has 0 radical (unpaired) electrons. The van der Waals surface area contributed by atoms with Crippen molar-refractivity contribution in [1.29, 1.82) is 0 Å². The van der Waals surface area contributed by atoms with Gasteiger partial charge in [-0.15, -0.1) is 0 Å². The first-order chi connectivity index (χ1) is 21.8. The maximum atomic E-state index is 6.72. The highest BCUT2D eigenvalue weighted by atomic mass is 16.5. The lowest BCUT2D eigenvalue weighted by Gasteiger charge is -2.33. The van der Waals surface area contributed by atoms with Crippen molar-refractivity contribution in [3.05, 3.63) is 146 Å². The van der Waals surface area contributed by atoms with Crippen LogP contribution in [0.5, 0.6) is 23.0 Å². The smallest absolute Gasteiger partial charge is 0.260 e. The second-order valence-corrected chi connectivity index (χ2v) is 11.7. The minimum absolute atomic E-state index is 0.00450. The van der Waals surface area contributed by atoms with Gasteiger partial charge in [0.15, 0.2) is 0 Å². The summed E-state index contributed by atoms with van der Waals surface area (Å²) in [7, 11) is 0. The average molecular weight is 561 g/mol. The highest BCUT2D eigenvalue weighted by molar-refractivity contribution is 6.98. The van der Waals surface area contributed by atoms with Crippen LogP contribution in [0.25, 0.3) is 49.4 Å². The molecular formula is C40H24BNO2. The van der Waals surface area contributed by atoms with E-state index < -0.39 is 0 Å². The third-order valence-electron chi connectivity index (χ3n) is 9.30. The minimum atomic E-state index is -0.00450. The maximum absolute atomic E-state index is 6.72. The number of fused-ring (bicyclic) bond motifs is 9. The molecule has 0 unspecified atom stereocenters. The number of hydrogen-bond donors (Lipinski definition) is 0. The Bertz CT molecular complexity index is 2450. The molecule has 0 fully saturated rings. The lowest BCUT2D eigenvalue weighted by molar-refractivity contribution is 0.467. The first-order valence-electron chi connectivity index (χ1n) is 15.0. The molecule has 1 aromatic heterocycles. The van der Waals surface area contributed by atoms with E-state index in [1.165, 1.54) is 38.3 Å². The van der Waals surface area contributed by atoms with Crippen LogP contribution < -0.4 is 25.9 Å². The summed E-state index contributed by atoms with van der Waals surface area (Å²) in [6.07, 6.45) is 0. The van der Waals surface area contributed by atoms with Crippen LogP contribution in [0.2, 0.25) is 0 Å². The molecule has 0 saturated carbocycles. The number of hydrogen-bond acceptors (Lipinski definition) is 2. The van der Waals surface area contributed by atoms with E-state index in [9.17, 15) is 0 Å². The molecule has 0 aliphatic carbocycles. The molecule has 8 aromatic rings. The first kappa shape index (κ1) is 23.8. The quantitative estimate of drug-likeness (QED) is 0.198. The van der Waals surface area contributed by atoms with Gasteiger partial charge < -0.3 is 14.0 Å². The van der Waals surface area contributed by atoms with E-state index >= 15 is 0 Å². The van der Waals surface area contributed by atoms with Gasteiger partial charge >= 0.3 is 0 Å². The van der Waals surface area contributed by atoms with Crippen LogP contribution >= 0.6 is 0 Å². The van der Waals surface area contributed by atoms with Crippen LogP contribution in [-0.4, -0.2) is 11.3 Å². The van der Waals surface area contributed by atoms with Crippen molar-refractivity contribution < 1.29 is 9.47 Å². The molecule has 0 N–H and O–H groups in total. The summed E-state index contributed by atoms with van der Waals surface area (Å²) in [4.78, 5) is 0. The van der Waals surface area contributed by atoms with Gasteiger partial charge in [0, 0.05) is 33.4 Å². The zero-order valence-electron chi connectivity index (χ0n) is 23.7. The normalized spacial score (nSPS) is 12.9. The fraction of sp³-hybridized carbons (Fsp3) is 0. The number of nitrogens with zero attached hydrogens (tertiary/aromatic N) is 1. The van der Waals surface area contributed by atoms with Crippen LogP contribution in [0.1, 0.15) is 0 Å².